The molecule has 1 aromatic heterocycles. The second-order valence-electron chi connectivity index (χ2n) is 9.01. The van der Waals surface area contributed by atoms with Gasteiger partial charge in [0.2, 0.25) is 0 Å². The van der Waals surface area contributed by atoms with Gasteiger partial charge in [-0.25, -0.2) is 4.39 Å². The fourth-order valence-electron chi connectivity index (χ4n) is 4.46. The molecule has 0 radical (unpaired) electrons. The number of piperidine rings is 1. The maximum absolute atomic E-state index is 14.7. The highest BCUT2D eigenvalue weighted by Crippen LogP contribution is 2.39. The van der Waals surface area contributed by atoms with Gasteiger partial charge in [-0.15, -0.1) is 0 Å². The molecule has 182 valence electrons. The lowest BCUT2D eigenvalue weighted by atomic mass is 9.93. The molecule has 2 atom stereocenters. The molecule has 6 nitrogen and oxygen atoms in total. The average Bonchev–Trinajstić information content (AvgIpc) is 3.58. The molecule has 1 aromatic carbocycles. The molecule has 0 spiro atoms. The number of nitrogens with zero attached hydrogens (tertiary/aromatic N) is 3. The van der Waals surface area contributed by atoms with Gasteiger partial charge in [-0.05, 0) is 56.4 Å². The number of rotatable bonds is 10. The number of carbonyl (C=O) groups excluding carboxylic acids is 2. The Bertz CT molecular complexity index is 1050. The van der Waals surface area contributed by atoms with Gasteiger partial charge in [-0.2, -0.15) is 17.7 Å². The molecule has 1 aliphatic carbocycles. The molecule has 2 aromatic rings. The Morgan fingerprint density at radius 1 is 1.26 bits per heavy atom. The van der Waals surface area contributed by atoms with Crippen LogP contribution in [0.15, 0.2) is 42.1 Å². The van der Waals surface area contributed by atoms with Crippen molar-refractivity contribution in [2.75, 3.05) is 19.7 Å². The zero-order valence-corrected chi connectivity index (χ0v) is 20.4. The normalized spacial score (nSPS) is 20.9. The first-order valence-electron chi connectivity index (χ1n) is 12.1. The van der Waals surface area contributed by atoms with Gasteiger partial charge in [-0.1, -0.05) is 18.2 Å². The molecule has 8 heteroatoms. The fourth-order valence-corrected chi connectivity index (χ4v) is 4.73. The van der Waals surface area contributed by atoms with E-state index in [1.807, 2.05) is 23.0 Å². The van der Waals surface area contributed by atoms with Gasteiger partial charge in [0.25, 0.3) is 0 Å². The Morgan fingerprint density at radius 3 is 2.79 bits per heavy atom. The monoisotopic (exact) mass is 485 g/mol. The van der Waals surface area contributed by atoms with E-state index in [0.29, 0.717) is 44.6 Å². The number of thiol groups is 1. The van der Waals surface area contributed by atoms with Gasteiger partial charge in [0.1, 0.15) is 5.82 Å². The number of carbonyl (C=O) groups is 2. The highest BCUT2D eigenvalue weighted by Gasteiger charge is 2.40. The predicted molar refractivity (Wildman–Crippen MR) is 132 cm³/mol. The number of aromatic nitrogens is 2. The van der Waals surface area contributed by atoms with Crippen LogP contribution in [0.3, 0.4) is 0 Å². The van der Waals surface area contributed by atoms with Crippen LogP contribution in [-0.4, -0.2) is 51.4 Å². The van der Waals surface area contributed by atoms with Crippen LogP contribution in [0.1, 0.15) is 56.3 Å². The number of halogens is 1. The molecular formula is C26H32FN3O3S. The molecule has 34 heavy (non-hydrogen) atoms. The third-order valence-corrected chi connectivity index (χ3v) is 6.98. The minimum Gasteiger partial charge on any atom is -0.466 e. The topological polar surface area (TPSA) is 64.4 Å². The summed E-state index contributed by atoms with van der Waals surface area (Å²) in [5.41, 5.74) is 2.33. The molecule has 0 bridgehead atoms. The van der Waals surface area contributed by atoms with Crippen molar-refractivity contribution in [1.82, 2.24) is 14.7 Å². The summed E-state index contributed by atoms with van der Waals surface area (Å²) in [6, 6.07) is 7.97. The van der Waals surface area contributed by atoms with Crippen molar-refractivity contribution in [2.45, 2.75) is 56.9 Å². The number of benzene rings is 1. The van der Waals surface area contributed by atoms with E-state index < -0.39 is 6.04 Å². The van der Waals surface area contributed by atoms with E-state index in [9.17, 15) is 14.0 Å². The van der Waals surface area contributed by atoms with Crippen LogP contribution in [0.4, 0.5) is 4.39 Å². The number of aryl methyl sites for hydroxylation is 1. The van der Waals surface area contributed by atoms with E-state index in [2.05, 4.69) is 10.00 Å². The minimum absolute atomic E-state index is 0.0380. The zero-order chi connectivity index (χ0) is 24.1. The van der Waals surface area contributed by atoms with Crippen LogP contribution in [0.25, 0.3) is 6.08 Å². The maximum atomic E-state index is 14.7. The van der Waals surface area contributed by atoms with Crippen LogP contribution >= 0.6 is 12.6 Å². The van der Waals surface area contributed by atoms with Crippen LogP contribution in [0, 0.1) is 11.7 Å². The van der Waals surface area contributed by atoms with E-state index in [4.69, 9.17) is 17.4 Å². The van der Waals surface area contributed by atoms with Gasteiger partial charge >= 0.3 is 5.97 Å². The Hall–Kier alpha value is -2.45. The van der Waals surface area contributed by atoms with Crippen LogP contribution in [-0.2, 0) is 20.9 Å². The summed E-state index contributed by atoms with van der Waals surface area (Å²) in [5, 5.41) is 4.66. The van der Waals surface area contributed by atoms with Gasteiger partial charge in [0, 0.05) is 49.0 Å². The maximum Gasteiger partial charge on any atom is 0.305 e. The zero-order valence-electron chi connectivity index (χ0n) is 19.5. The van der Waals surface area contributed by atoms with E-state index >= 15 is 0 Å². The van der Waals surface area contributed by atoms with E-state index in [1.54, 1.807) is 25.1 Å². The van der Waals surface area contributed by atoms with Crippen molar-refractivity contribution in [3.8, 4) is 0 Å². The lowest BCUT2D eigenvalue weighted by Crippen LogP contribution is -2.42. The first kappa shape index (κ1) is 24.7. The summed E-state index contributed by atoms with van der Waals surface area (Å²) in [6.45, 7) is 4.05. The standard InChI is InChI=1S/C26H32FN3O3S/c1-2-33-24(31)8-5-13-30-15-11-20(28-30)16-19-17-29(14-12-23(19)34)25(26(32)18-9-10-18)21-6-3-4-7-22(21)27/h3-4,6-7,11,15-16,18,23,25,34H,2,5,8-10,12-14,17H2,1H3. The lowest BCUT2D eigenvalue weighted by Gasteiger charge is -2.37. The van der Waals surface area contributed by atoms with Crippen molar-refractivity contribution in [3.63, 3.8) is 0 Å². The summed E-state index contributed by atoms with van der Waals surface area (Å²) in [5.74, 6) is -0.368. The van der Waals surface area contributed by atoms with E-state index in [0.717, 1.165) is 30.5 Å². The Kier molecular flexibility index (Phi) is 8.21. The smallest absolute Gasteiger partial charge is 0.305 e. The van der Waals surface area contributed by atoms with Crippen LogP contribution in [0.2, 0.25) is 0 Å². The Morgan fingerprint density at radius 2 is 2.06 bits per heavy atom. The average molecular weight is 486 g/mol. The third kappa shape index (κ3) is 6.16. The minimum atomic E-state index is -0.571. The number of ether oxygens (including phenoxy) is 1. The van der Waals surface area contributed by atoms with Gasteiger partial charge in [0.05, 0.1) is 18.3 Å². The number of hydrogen-bond donors (Lipinski definition) is 1. The Balaban J connectivity index is 1.47. The van der Waals surface area contributed by atoms with Crippen molar-refractivity contribution >= 4 is 30.5 Å². The van der Waals surface area contributed by atoms with Crippen molar-refractivity contribution in [2.24, 2.45) is 5.92 Å². The second-order valence-corrected chi connectivity index (χ2v) is 9.63. The van der Waals surface area contributed by atoms with Crippen LogP contribution in [0.5, 0.6) is 0 Å². The number of Topliss-reactive ketones (excluding diaryl/α,β-unsaturated/α-hetero) is 1. The summed E-state index contributed by atoms with van der Waals surface area (Å²) in [4.78, 5) is 26.8. The number of esters is 1. The fraction of sp³-hybridized carbons (Fsp3) is 0.500. The van der Waals surface area contributed by atoms with Gasteiger partial charge < -0.3 is 4.74 Å². The largest absolute Gasteiger partial charge is 0.466 e. The molecule has 2 heterocycles. The van der Waals surface area contributed by atoms with Crippen LogP contribution < -0.4 is 0 Å². The van der Waals surface area contributed by atoms with Crippen molar-refractivity contribution in [1.29, 1.82) is 0 Å². The van der Waals surface area contributed by atoms with E-state index in [-0.39, 0.29) is 28.7 Å². The molecule has 0 amide bonds. The first-order chi connectivity index (χ1) is 16.5. The molecule has 2 aliphatic rings. The Labute approximate surface area is 205 Å². The SMILES string of the molecule is CCOC(=O)CCCn1ccc(C=C2CN(C(C(=O)C3CC3)c3ccccc3F)CCC2S)n1. The highest BCUT2D eigenvalue weighted by molar-refractivity contribution is 7.81. The lowest BCUT2D eigenvalue weighted by molar-refractivity contribution is -0.143. The first-order valence-corrected chi connectivity index (χ1v) is 12.6. The molecule has 4 rings (SSSR count). The van der Waals surface area contributed by atoms with Crippen molar-refractivity contribution in [3.05, 3.63) is 59.2 Å². The summed E-state index contributed by atoms with van der Waals surface area (Å²) >= 11 is 4.77. The summed E-state index contributed by atoms with van der Waals surface area (Å²) < 4.78 is 21.5. The molecule has 1 saturated heterocycles. The number of hydrogen-bond acceptors (Lipinski definition) is 6. The van der Waals surface area contributed by atoms with Crippen molar-refractivity contribution < 1.29 is 18.7 Å². The summed E-state index contributed by atoms with van der Waals surface area (Å²) in [6.07, 6.45) is 7.50. The number of ketones is 1. The molecular weight excluding hydrogens is 453 g/mol. The predicted octanol–water partition coefficient (Wildman–Crippen LogP) is 4.47. The summed E-state index contributed by atoms with van der Waals surface area (Å²) in [7, 11) is 0. The van der Waals surface area contributed by atoms with Gasteiger partial charge in [0.15, 0.2) is 5.78 Å². The van der Waals surface area contributed by atoms with Gasteiger partial charge in [-0.3, -0.25) is 19.2 Å². The molecule has 2 unspecified atom stereocenters. The molecule has 0 N–H and O–H groups in total. The molecule has 1 saturated carbocycles. The van der Waals surface area contributed by atoms with E-state index in [1.165, 1.54) is 6.07 Å². The second kappa shape index (κ2) is 11.3. The molecule has 1 aliphatic heterocycles. The molecule has 2 fully saturated rings. The quantitative estimate of drug-likeness (QED) is 0.397. The highest BCUT2D eigenvalue weighted by atomic mass is 32.1. The number of likely N-dealkylation sites (tertiary alicyclic amines) is 1. The third-order valence-electron chi connectivity index (χ3n) is 6.39.